The maximum absolute atomic E-state index is 5.67. The standard InChI is InChI=1S/C14H14N4O/c15-10-8-12-14(16-9-10)18-13(17-12)6-7-19-11-4-2-1-3-5-11/h1-5,8-9H,6-7,15H2,(H,16,17,18). The lowest BCUT2D eigenvalue weighted by molar-refractivity contribution is 0.319. The number of anilines is 1. The Morgan fingerprint density at radius 3 is 2.89 bits per heavy atom. The van der Waals surface area contributed by atoms with Crippen LogP contribution in [0.25, 0.3) is 11.2 Å². The fourth-order valence-electron chi connectivity index (χ4n) is 1.87. The van der Waals surface area contributed by atoms with E-state index in [-0.39, 0.29) is 0 Å². The summed E-state index contributed by atoms with van der Waals surface area (Å²) < 4.78 is 5.62. The normalized spacial score (nSPS) is 10.7. The third kappa shape index (κ3) is 2.65. The number of ether oxygens (including phenoxy) is 1. The second kappa shape index (κ2) is 4.97. The summed E-state index contributed by atoms with van der Waals surface area (Å²) >= 11 is 0. The Morgan fingerprint density at radius 1 is 1.21 bits per heavy atom. The Bertz CT molecular complexity index is 678. The summed E-state index contributed by atoms with van der Waals surface area (Å²) in [7, 11) is 0. The van der Waals surface area contributed by atoms with Crippen molar-refractivity contribution in [3.05, 3.63) is 48.4 Å². The van der Waals surface area contributed by atoms with Gasteiger partial charge >= 0.3 is 0 Å². The predicted octanol–water partition coefficient (Wildman–Crippen LogP) is 2.16. The van der Waals surface area contributed by atoms with E-state index < -0.39 is 0 Å². The van der Waals surface area contributed by atoms with E-state index in [1.807, 2.05) is 36.4 Å². The van der Waals surface area contributed by atoms with Gasteiger partial charge in [-0.25, -0.2) is 9.97 Å². The van der Waals surface area contributed by atoms with Crippen molar-refractivity contribution in [1.29, 1.82) is 0 Å². The van der Waals surface area contributed by atoms with Crippen LogP contribution in [0.2, 0.25) is 0 Å². The van der Waals surface area contributed by atoms with Crippen molar-refractivity contribution in [2.75, 3.05) is 12.3 Å². The van der Waals surface area contributed by atoms with Crippen LogP contribution in [0.5, 0.6) is 5.75 Å². The largest absolute Gasteiger partial charge is 0.493 e. The topological polar surface area (TPSA) is 76.8 Å². The molecule has 0 fully saturated rings. The lowest BCUT2D eigenvalue weighted by Gasteiger charge is -2.03. The molecule has 96 valence electrons. The zero-order valence-corrected chi connectivity index (χ0v) is 10.3. The number of nitrogens with one attached hydrogen (secondary N) is 1. The lowest BCUT2D eigenvalue weighted by atomic mass is 10.3. The number of nitrogens with two attached hydrogens (primary N) is 1. The Kier molecular flexibility index (Phi) is 3.02. The smallest absolute Gasteiger partial charge is 0.177 e. The molecule has 2 aromatic heterocycles. The van der Waals surface area contributed by atoms with Crippen molar-refractivity contribution in [3.63, 3.8) is 0 Å². The van der Waals surface area contributed by atoms with E-state index in [4.69, 9.17) is 10.5 Å². The van der Waals surface area contributed by atoms with Crippen LogP contribution < -0.4 is 10.5 Å². The monoisotopic (exact) mass is 254 g/mol. The number of aromatic nitrogens is 3. The number of H-pyrrole nitrogens is 1. The number of fused-ring (bicyclic) bond motifs is 1. The number of nitrogens with zero attached hydrogens (tertiary/aromatic N) is 2. The Balaban J connectivity index is 1.65. The summed E-state index contributed by atoms with van der Waals surface area (Å²) in [5.74, 6) is 1.71. The number of hydrogen-bond acceptors (Lipinski definition) is 4. The third-order valence-corrected chi connectivity index (χ3v) is 2.76. The molecule has 3 rings (SSSR count). The van der Waals surface area contributed by atoms with E-state index >= 15 is 0 Å². The van der Waals surface area contributed by atoms with Crippen molar-refractivity contribution in [2.24, 2.45) is 0 Å². The number of benzene rings is 1. The molecule has 0 atom stereocenters. The summed E-state index contributed by atoms with van der Waals surface area (Å²) in [6.07, 6.45) is 2.30. The van der Waals surface area contributed by atoms with Crippen LogP contribution in [0.4, 0.5) is 5.69 Å². The molecule has 5 nitrogen and oxygen atoms in total. The Hall–Kier alpha value is -2.56. The molecule has 0 aliphatic heterocycles. The minimum absolute atomic E-state index is 0.569. The first-order chi connectivity index (χ1) is 9.31. The van der Waals surface area contributed by atoms with Crippen LogP contribution in [-0.4, -0.2) is 21.6 Å². The van der Waals surface area contributed by atoms with Gasteiger partial charge in [-0.15, -0.1) is 0 Å². The molecule has 0 bridgehead atoms. The van der Waals surface area contributed by atoms with E-state index in [1.165, 1.54) is 0 Å². The van der Waals surface area contributed by atoms with Gasteiger partial charge in [0.1, 0.15) is 11.6 Å². The molecule has 0 aliphatic rings. The highest BCUT2D eigenvalue weighted by atomic mass is 16.5. The second-order valence-electron chi connectivity index (χ2n) is 4.23. The van der Waals surface area contributed by atoms with Gasteiger partial charge in [0.2, 0.25) is 0 Å². The zero-order chi connectivity index (χ0) is 13.1. The Morgan fingerprint density at radius 2 is 2.05 bits per heavy atom. The van der Waals surface area contributed by atoms with E-state index in [0.29, 0.717) is 24.4 Å². The number of hydrogen-bond donors (Lipinski definition) is 2. The van der Waals surface area contributed by atoms with Gasteiger partial charge in [-0.1, -0.05) is 18.2 Å². The molecule has 0 aliphatic carbocycles. The van der Waals surface area contributed by atoms with Crippen molar-refractivity contribution < 1.29 is 4.74 Å². The number of aromatic amines is 1. The van der Waals surface area contributed by atoms with Crippen LogP contribution in [0.1, 0.15) is 5.82 Å². The lowest BCUT2D eigenvalue weighted by Crippen LogP contribution is -2.02. The van der Waals surface area contributed by atoms with E-state index in [1.54, 1.807) is 6.20 Å². The molecule has 0 saturated carbocycles. The highest BCUT2D eigenvalue weighted by Crippen LogP contribution is 2.13. The van der Waals surface area contributed by atoms with Crippen LogP contribution in [0.15, 0.2) is 42.6 Å². The quantitative estimate of drug-likeness (QED) is 0.748. The van der Waals surface area contributed by atoms with Crippen molar-refractivity contribution in [2.45, 2.75) is 6.42 Å². The first kappa shape index (κ1) is 11.5. The SMILES string of the molecule is Nc1cnc2nc(CCOc3ccccc3)[nH]c2c1. The molecule has 3 aromatic rings. The maximum atomic E-state index is 5.67. The van der Waals surface area contributed by atoms with Crippen molar-refractivity contribution in [3.8, 4) is 5.75 Å². The van der Waals surface area contributed by atoms with Gasteiger partial charge in [0, 0.05) is 6.42 Å². The van der Waals surface area contributed by atoms with Gasteiger partial charge in [-0.3, -0.25) is 0 Å². The minimum Gasteiger partial charge on any atom is -0.493 e. The summed E-state index contributed by atoms with van der Waals surface area (Å²) in [6, 6.07) is 11.5. The molecule has 3 N–H and O–H groups in total. The third-order valence-electron chi connectivity index (χ3n) is 2.76. The first-order valence-corrected chi connectivity index (χ1v) is 6.09. The second-order valence-corrected chi connectivity index (χ2v) is 4.23. The van der Waals surface area contributed by atoms with E-state index in [2.05, 4.69) is 15.0 Å². The fourth-order valence-corrected chi connectivity index (χ4v) is 1.87. The summed E-state index contributed by atoms with van der Waals surface area (Å²) in [4.78, 5) is 11.7. The predicted molar refractivity (Wildman–Crippen MR) is 73.9 cm³/mol. The molecule has 0 amide bonds. The average molecular weight is 254 g/mol. The molecule has 5 heteroatoms. The molecule has 1 aromatic carbocycles. The highest BCUT2D eigenvalue weighted by Gasteiger charge is 2.04. The number of nitrogen functional groups attached to an aromatic ring is 1. The zero-order valence-electron chi connectivity index (χ0n) is 10.3. The van der Waals surface area contributed by atoms with Crippen molar-refractivity contribution >= 4 is 16.9 Å². The molecule has 2 heterocycles. The van der Waals surface area contributed by atoms with E-state index in [9.17, 15) is 0 Å². The molecule has 0 radical (unpaired) electrons. The number of imidazole rings is 1. The Labute approximate surface area is 110 Å². The molecular formula is C14H14N4O. The van der Waals surface area contributed by atoms with Crippen LogP contribution in [-0.2, 0) is 6.42 Å². The first-order valence-electron chi connectivity index (χ1n) is 6.09. The molecular weight excluding hydrogens is 240 g/mol. The van der Waals surface area contributed by atoms with Gasteiger partial charge in [-0.2, -0.15) is 0 Å². The summed E-state index contributed by atoms with van der Waals surface area (Å²) in [5.41, 5.74) is 7.84. The minimum atomic E-state index is 0.569. The van der Waals surface area contributed by atoms with Gasteiger partial charge in [0.25, 0.3) is 0 Å². The van der Waals surface area contributed by atoms with Crippen LogP contribution in [0, 0.1) is 0 Å². The van der Waals surface area contributed by atoms with Crippen LogP contribution >= 0.6 is 0 Å². The number of rotatable bonds is 4. The number of pyridine rings is 1. The van der Waals surface area contributed by atoms with Gasteiger partial charge in [0.15, 0.2) is 5.65 Å². The van der Waals surface area contributed by atoms with Crippen LogP contribution in [0.3, 0.4) is 0 Å². The molecule has 0 unspecified atom stereocenters. The average Bonchev–Trinajstić information content (AvgIpc) is 2.82. The maximum Gasteiger partial charge on any atom is 0.177 e. The molecule has 0 saturated heterocycles. The number of para-hydroxylation sites is 1. The van der Waals surface area contributed by atoms with Gasteiger partial charge in [-0.05, 0) is 18.2 Å². The highest BCUT2D eigenvalue weighted by molar-refractivity contribution is 5.73. The van der Waals surface area contributed by atoms with Crippen molar-refractivity contribution in [1.82, 2.24) is 15.0 Å². The summed E-state index contributed by atoms with van der Waals surface area (Å²) in [6.45, 7) is 0.569. The molecule has 19 heavy (non-hydrogen) atoms. The van der Waals surface area contributed by atoms with Gasteiger partial charge in [0.05, 0.1) is 24.0 Å². The van der Waals surface area contributed by atoms with E-state index in [0.717, 1.165) is 17.1 Å². The molecule has 0 spiro atoms. The van der Waals surface area contributed by atoms with Gasteiger partial charge < -0.3 is 15.5 Å². The fraction of sp³-hybridized carbons (Fsp3) is 0.143. The summed E-state index contributed by atoms with van der Waals surface area (Å²) in [5, 5.41) is 0.